The van der Waals surface area contributed by atoms with E-state index in [2.05, 4.69) is 0 Å². The lowest BCUT2D eigenvalue weighted by molar-refractivity contribution is 0.426. The zero-order valence-corrected chi connectivity index (χ0v) is 14.8. The molecule has 0 saturated heterocycles. The number of hydrogen-bond acceptors (Lipinski definition) is 5. The molecule has 0 amide bonds. The van der Waals surface area contributed by atoms with E-state index in [1.165, 1.54) is 0 Å². The smallest absolute Gasteiger partial charge is 0.452 e. The molecule has 0 spiro atoms. The summed E-state index contributed by atoms with van der Waals surface area (Å²) in [7, 11) is -1.55. The number of rotatable bonds is 3. The minimum absolute atomic E-state index is 0.388. The van der Waals surface area contributed by atoms with Crippen LogP contribution in [0.25, 0.3) is 44.7 Å². The van der Waals surface area contributed by atoms with Gasteiger partial charge >= 0.3 is 7.12 Å². The van der Waals surface area contributed by atoms with Gasteiger partial charge < -0.3 is 14.5 Å². The molecule has 0 aliphatic carbocycles. The van der Waals surface area contributed by atoms with Crippen LogP contribution >= 0.6 is 0 Å². The third-order valence-electron chi connectivity index (χ3n) is 4.71. The molecular formula is C22H15BN2O3. The zero-order chi connectivity index (χ0) is 19.1. The third kappa shape index (κ3) is 2.76. The summed E-state index contributed by atoms with van der Waals surface area (Å²) >= 11 is 0. The minimum Gasteiger partial charge on any atom is -0.452 e. The fraction of sp³-hybridized carbons (Fsp3) is 0. The maximum absolute atomic E-state index is 9.51. The van der Waals surface area contributed by atoms with Gasteiger partial charge in [0, 0.05) is 16.5 Å². The first kappa shape index (κ1) is 16.7. The highest BCUT2D eigenvalue weighted by Crippen LogP contribution is 2.35. The SMILES string of the molecule is OB(O)c1cccc(-c2nc(-c3ccccc3)c3oc4ccccc4c3n2)c1. The van der Waals surface area contributed by atoms with Gasteiger partial charge in [-0.05, 0) is 17.6 Å². The molecule has 0 aliphatic heterocycles. The van der Waals surface area contributed by atoms with E-state index in [0.717, 1.165) is 22.0 Å². The van der Waals surface area contributed by atoms with E-state index in [1.54, 1.807) is 18.2 Å². The van der Waals surface area contributed by atoms with Crippen LogP contribution in [0.3, 0.4) is 0 Å². The van der Waals surface area contributed by atoms with Crippen molar-refractivity contribution in [3.63, 3.8) is 0 Å². The Bertz CT molecular complexity index is 1300. The Hall–Kier alpha value is -3.48. The minimum atomic E-state index is -1.55. The molecule has 2 heterocycles. The van der Waals surface area contributed by atoms with E-state index >= 15 is 0 Å². The Morgan fingerprint density at radius 1 is 0.750 bits per heavy atom. The van der Waals surface area contributed by atoms with Crippen LogP contribution in [0, 0.1) is 0 Å². The largest absolute Gasteiger partial charge is 0.488 e. The van der Waals surface area contributed by atoms with E-state index in [9.17, 15) is 10.0 Å². The van der Waals surface area contributed by atoms with Crippen molar-refractivity contribution in [2.24, 2.45) is 0 Å². The van der Waals surface area contributed by atoms with Crippen molar-refractivity contribution in [2.45, 2.75) is 0 Å². The molecule has 6 heteroatoms. The fourth-order valence-electron chi connectivity index (χ4n) is 3.35. The highest BCUT2D eigenvalue weighted by Gasteiger charge is 2.19. The zero-order valence-electron chi connectivity index (χ0n) is 14.8. The van der Waals surface area contributed by atoms with Crippen molar-refractivity contribution in [3.8, 4) is 22.6 Å². The van der Waals surface area contributed by atoms with Gasteiger partial charge in [-0.1, -0.05) is 66.7 Å². The Morgan fingerprint density at radius 3 is 2.32 bits per heavy atom. The second kappa shape index (κ2) is 6.60. The lowest BCUT2D eigenvalue weighted by Crippen LogP contribution is -2.29. The Kier molecular flexibility index (Phi) is 3.93. The highest BCUT2D eigenvalue weighted by molar-refractivity contribution is 6.58. The summed E-state index contributed by atoms with van der Waals surface area (Å²) in [5.74, 6) is 0.500. The van der Waals surface area contributed by atoms with Crippen LogP contribution in [-0.4, -0.2) is 27.1 Å². The van der Waals surface area contributed by atoms with Gasteiger partial charge in [-0.3, -0.25) is 0 Å². The molecule has 28 heavy (non-hydrogen) atoms. The van der Waals surface area contributed by atoms with Gasteiger partial charge in [0.25, 0.3) is 0 Å². The van der Waals surface area contributed by atoms with Crippen LogP contribution in [0.2, 0.25) is 0 Å². The first-order chi connectivity index (χ1) is 13.7. The normalized spacial score (nSPS) is 11.2. The van der Waals surface area contributed by atoms with Crippen molar-refractivity contribution in [1.29, 1.82) is 0 Å². The van der Waals surface area contributed by atoms with E-state index in [0.29, 0.717) is 28.1 Å². The topological polar surface area (TPSA) is 79.4 Å². The van der Waals surface area contributed by atoms with Gasteiger partial charge in [0.05, 0.1) is 0 Å². The second-order valence-corrected chi connectivity index (χ2v) is 6.54. The van der Waals surface area contributed by atoms with Gasteiger partial charge in [0.1, 0.15) is 16.8 Å². The number of para-hydroxylation sites is 1. The van der Waals surface area contributed by atoms with Crippen molar-refractivity contribution in [3.05, 3.63) is 78.9 Å². The Balaban J connectivity index is 1.84. The molecule has 5 nitrogen and oxygen atoms in total. The molecule has 5 rings (SSSR count). The first-order valence-corrected chi connectivity index (χ1v) is 8.92. The van der Waals surface area contributed by atoms with Crippen molar-refractivity contribution in [2.75, 3.05) is 0 Å². The average Bonchev–Trinajstić information content (AvgIpc) is 3.12. The predicted molar refractivity (Wildman–Crippen MR) is 110 cm³/mol. The maximum Gasteiger partial charge on any atom is 0.488 e. The molecule has 0 fully saturated rings. The molecule has 5 aromatic rings. The quantitative estimate of drug-likeness (QED) is 0.479. The molecule has 2 N–H and O–H groups in total. The molecule has 0 unspecified atom stereocenters. The number of furan rings is 1. The Morgan fingerprint density at radius 2 is 1.50 bits per heavy atom. The van der Waals surface area contributed by atoms with Gasteiger partial charge in [-0.25, -0.2) is 9.97 Å². The van der Waals surface area contributed by atoms with Crippen LogP contribution in [-0.2, 0) is 0 Å². The molecule has 3 aromatic carbocycles. The van der Waals surface area contributed by atoms with Gasteiger partial charge in [-0.15, -0.1) is 0 Å². The molecule has 0 saturated carbocycles. The van der Waals surface area contributed by atoms with E-state index in [1.807, 2.05) is 60.7 Å². The molecule has 0 radical (unpaired) electrons. The molecule has 0 bridgehead atoms. The predicted octanol–water partition coefficient (Wildman–Crippen LogP) is 3.39. The lowest BCUT2D eigenvalue weighted by atomic mass is 9.79. The van der Waals surface area contributed by atoms with Crippen LogP contribution in [0.15, 0.2) is 83.3 Å². The van der Waals surface area contributed by atoms with Crippen LogP contribution in [0.4, 0.5) is 0 Å². The monoisotopic (exact) mass is 366 g/mol. The molecule has 0 aliphatic rings. The summed E-state index contributed by atoms with van der Waals surface area (Å²) in [4.78, 5) is 9.52. The van der Waals surface area contributed by atoms with Crippen molar-refractivity contribution >= 4 is 34.7 Å². The third-order valence-corrected chi connectivity index (χ3v) is 4.71. The standard InChI is InChI=1S/C22H15BN2O3/c26-23(27)16-10-6-9-15(13-16)22-24-19(14-7-2-1-3-8-14)21-20(25-22)17-11-4-5-12-18(17)28-21/h1-13,26-27H. The summed E-state index contributed by atoms with van der Waals surface area (Å²) in [6.45, 7) is 0. The summed E-state index contributed by atoms with van der Waals surface area (Å²) in [6, 6.07) is 24.5. The van der Waals surface area contributed by atoms with E-state index in [-0.39, 0.29) is 0 Å². The number of fused-ring (bicyclic) bond motifs is 3. The number of aromatic nitrogens is 2. The number of benzene rings is 3. The average molecular weight is 366 g/mol. The van der Waals surface area contributed by atoms with Crippen LogP contribution < -0.4 is 5.46 Å². The van der Waals surface area contributed by atoms with Gasteiger partial charge in [0.2, 0.25) is 0 Å². The van der Waals surface area contributed by atoms with Crippen LogP contribution in [0.1, 0.15) is 0 Å². The van der Waals surface area contributed by atoms with Gasteiger partial charge in [0.15, 0.2) is 11.4 Å². The highest BCUT2D eigenvalue weighted by atomic mass is 16.4. The second-order valence-electron chi connectivity index (χ2n) is 6.54. The Labute approximate surface area is 161 Å². The summed E-state index contributed by atoms with van der Waals surface area (Å²) in [5, 5.41) is 19.9. The van der Waals surface area contributed by atoms with Crippen LogP contribution in [0.5, 0.6) is 0 Å². The summed E-state index contributed by atoms with van der Waals surface area (Å²) in [6.07, 6.45) is 0. The molecular weight excluding hydrogens is 351 g/mol. The number of nitrogens with zero attached hydrogens (tertiary/aromatic N) is 2. The maximum atomic E-state index is 9.51. The van der Waals surface area contributed by atoms with Gasteiger partial charge in [-0.2, -0.15) is 0 Å². The van der Waals surface area contributed by atoms with E-state index in [4.69, 9.17) is 14.4 Å². The molecule has 134 valence electrons. The molecule has 2 aromatic heterocycles. The summed E-state index contributed by atoms with van der Waals surface area (Å²) < 4.78 is 6.09. The molecule has 0 atom stereocenters. The van der Waals surface area contributed by atoms with Crippen molar-refractivity contribution < 1.29 is 14.5 Å². The number of hydrogen-bond donors (Lipinski definition) is 2. The fourth-order valence-corrected chi connectivity index (χ4v) is 3.35. The lowest BCUT2D eigenvalue weighted by Gasteiger charge is -2.07. The van der Waals surface area contributed by atoms with E-state index < -0.39 is 7.12 Å². The summed E-state index contributed by atoms with van der Waals surface area (Å²) in [5.41, 5.74) is 4.83. The first-order valence-electron chi connectivity index (χ1n) is 8.92. The van der Waals surface area contributed by atoms with Crippen molar-refractivity contribution in [1.82, 2.24) is 9.97 Å².